The van der Waals surface area contributed by atoms with E-state index in [9.17, 15) is 18.8 Å². The molecular weight excluding hydrogens is 531 g/mol. The van der Waals surface area contributed by atoms with Crippen LogP contribution in [-0.2, 0) is 16.2 Å². The molecule has 5 rings (SSSR count). The SMILES string of the molecule is CCOc1cc(/C=C2\SC(=O)N(CC(=O)Nc3ccc(F)cc3)C2=O)ccc1OCc1cccc2ccccc12. The largest absolute Gasteiger partial charge is 0.490 e. The molecule has 1 fully saturated rings. The van der Waals surface area contributed by atoms with Crippen LogP contribution in [0.5, 0.6) is 11.5 Å². The van der Waals surface area contributed by atoms with Gasteiger partial charge in [-0.3, -0.25) is 19.3 Å². The summed E-state index contributed by atoms with van der Waals surface area (Å²) in [6, 6.07) is 24.7. The minimum absolute atomic E-state index is 0.187. The van der Waals surface area contributed by atoms with E-state index in [0.717, 1.165) is 33.0 Å². The van der Waals surface area contributed by atoms with Crippen molar-refractivity contribution in [3.63, 3.8) is 0 Å². The van der Waals surface area contributed by atoms with Gasteiger partial charge in [0.05, 0.1) is 11.5 Å². The van der Waals surface area contributed by atoms with E-state index >= 15 is 0 Å². The van der Waals surface area contributed by atoms with Gasteiger partial charge in [0.15, 0.2) is 11.5 Å². The van der Waals surface area contributed by atoms with Crippen LogP contribution < -0.4 is 14.8 Å². The van der Waals surface area contributed by atoms with E-state index in [0.29, 0.717) is 36.0 Å². The highest BCUT2D eigenvalue weighted by atomic mass is 32.2. The van der Waals surface area contributed by atoms with E-state index in [1.807, 2.05) is 31.2 Å². The number of rotatable bonds is 9. The Morgan fingerprint density at radius 2 is 1.73 bits per heavy atom. The number of amides is 3. The van der Waals surface area contributed by atoms with E-state index in [1.165, 1.54) is 24.3 Å². The fourth-order valence-electron chi connectivity index (χ4n) is 4.24. The van der Waals surface area contributed by atoms with Crippen LogP contribution in [0.3, 0.4) is 0 Å². The molecule has 3 amide bonds. The Labute approximate surface area is 234 Å². The molecule has 40 heavy (non-hydrogen) atoms. The molecule has 0 spiro atoms. The molecule has 0 unspecified atom stereocenters. The first-order valence-corrected chi connectivity index (χ1v) is 13.4. The lowest BCUT2D eigenvalue weighted by atomic mass is 10.1. The molecule has 0 bridgehead atoms. The Bertz CT molecular complexity index is 1610. The van der Waals surface area contributed by atoms with Crippen molar-refractivity contribution in [2.75, 3.05) is 18.5 Å². The van der Waals surface area contributed by atoms with Crippen LogP contribution in [0, 0.1) is 5.82 Å². The number of imide groups is 1. The third-order valence-electron chi connectivity index (χ3n) is 6.13. The molecule has 1 aliphatic rings. The first kappa shape index (κ1) is 27.0. The summed E-state index contributed by atoms with van der Waals surface area (Å²) in [5.74, 6) is -0.516. The second-order valence-corrected chi connectivity index (χ2v) is 9.88. The van der Waals surface area contributed by atoms with Crippen molar-refractivity contribution in [1.29, 1.82) is 0 Å². The molecule has 7 nitrogen and oxygen atoms in total. The normalized spacial score (nSPS) is 14.2. The zero-order valence-electron chi connectivity index (χ0n) is 21.6. The van der Waals surface area contributed by atoms with Gasteiger partial charge in [-0.2, -0.15) is 0 Å². The fraction of sp³-hybridized carbons (Fsp3) is 0.129. The first-order valence-electron chi connectivity index (χ1n) is 12.6. The summed E-state index contributed by atoms with van der Waals surface area (Å²) in [6.45, 7) is 2.17. The molecule has 0 aliphatic carbocycles. The summed E-state index contributed by atoms with van der Waals surface area (Å²) in [6.07, 6.45) is 1.58. The zero-order valence-corrected chi connectivity index (χ0v) is 22.4. The average Bonchev–Trinajstić information content (AvgIpc) is 3.21. The van der Waals surface area contributed by atoms with E-state index in [1.54, 1.807) is 24.3 Å². The second kappa shape index (κ2) is 12.0. The lowest BCUT2D eigenvalue weighted by Crippen LogP contribution is -2.36. The highest BCUT2D eigenvalue weighted by Crippen LogP contribution is 2.35. The second-order valence-electron chi connectivity index (χ2n) is 8.89. The molecule has 9 heteroatoms. The number of thioether (sulfide) groups is 1. The number of fused-ring (bicyclic) bond motifs is 1. The number of hydrogen-bond acceptors (Lipinski definition) is 6. The summed E-state index contributed by atoms with van der Waals surface area (Å²) in [7, 11) is 0. The molecule has 1 heterocycles. The monoisotopic (exact) mass is 556 g/mol. The van der Waals surface area contributed by atoms with Crippen molar-refractivity contribution in [3.05, 3.63) is 107 Å². The number of anilines is 1. The van der Waals surface area contributed by atoms with Gasteiger partial charge in [-0.05, 0) is 83.1 Å². The molecule has 202 valence electrons. The number of benzene rings is 4. The lowest BCUT2D eigenvalue weighted by Gasteiger charge is -2.14. The lowest BCUT2D eigenvalue weighted by molar-refractivity contribution is -0.127. The smallest absolute Gasteiger partial charge is 0.294 e. The van der Waals surface area contributed by atoms with Crippen LogP contribution in [0.1, 0.15) is 18.1 Å². The summed E-state index contributed by atoms with van der Waals surface area (Å²) in [5, 5.41) is 4.24. The zero-order chi connectivity index (χ0) is 28.1. The van der Waals surface area contributed by atoms with E-state index in [4.69, 9.17) is 9.47 Å². The minimum Gasteiger partial charge on any atom is -0.490 e. The van der Waals surface area contributed by atoms with E-state index < -0.39 is 29.4 Å². The van der Waals surface area contributed by atoms with Gasteiger partial charge in [0.2, 0.25) is 5.91 Å². The quantitative estimate of drug-likeness (QED) is 0.233. The number of carbonyl (C=O) groups excluding carboxylic acids is 3. The van der Waals surface area contributed by atoms with Gasteiger partial charge < -0.3 is 14.8 Å². The standard InChI is InChI=1S/C31H25FN2O5S/c1-2-38-27-16-20(10-15-26(27)39-19-22-8-5-7-21-6-3-4-9-25(21)22)17-28-30(36)34(31(37)40-28)18-29(35)33-24-13-11-23(32)12-14-24/h3-17H,2,18-19H2,1H3,(H,33,35)/b28-17-. The van der Waals surface area contributed by atoms with Crippen LogP contribution in [0.4, 0.5) is 14.9 Å². The number of nitrogens with one attached hydrogen (secondary N) is 1. The van der Waals surface area contributed by atoms with Gasteiger partial charge in [0.1, 0.15) is 19.0 Å². The van der Waals surface area contributed by atoms with E-state index in [-0.39, 0.29) is 4.91 Å². The Hall–Kier alpha value is -4.63. The number of carbonyl (C=O) groups is 3. The van der Waals surface area contributed by atoms with Crippen molar-refractivity contribution in [1.82, 2.24) is 4.90 Å². The van der Waals surface area contributed by atoms with Crippen LogP contribution in [0.15, 0.2) is 89.8 Å². The topological polar surface area (TPSA) is 84.9 Å². The molecule has 1 aliphatic heterocycles. The van der Waals surface area contributed by atoms with Gasteiger partial charge in [0.25, 0.3) is 11.1 Å². The van der Waals surface area contributed by atoms with Crippen LogP contribution in [0.2, 0.25) is 0 Å². The Kier molecular flexibility index (Phi) is 8.12. The summed E-state index contributed by atoms with van der Waals surface area (Å²) >= 11 is 0.756. The fourth-order valence-corrected chi connectivity index (χ4v) is 5.08. The molecule has 0 saturated carbocycles. The van der Waals surface area contributed by atoms with Crippen molar-refractivity contribution >= 4 is 51.4 Å². The summed E-state index contributed by atoms with van der Waals surface area (Å²) in [5.41, 5.74) is 2.05. The molecule has 1 N–H and O–H groups in total. The number of hydrogen-bond donors (Lipinski definition) is 1. The number of ether oxygens (including phenoxy) is 2. The minimum atomic E-state index is -0.571. The number of halogens is 1. The van der Waals surface area contributed by atoms with Crippen molar-refractivity contribution in [2.45, 2.75) is 13.5 Å². The van der Waals surface area contributed by atoms with Gasteiger partial charge in [-0.15, -0.1) is 0 Å². The molecular formula is C31H25FN2O5S. The predicted octanol–water partition coefficient (Wildman–Crippen LogP) is 6.63. The van der Waals surface area contributed by atoms with Gasteiger partial charge in [0, 0.05) is 5.69 Å². The maximum atomic E-state index is 13.1. The summed E-state index contributed by atoms with van der Waals surface area (Å²) < 4.78 is 25.0. The highest BCUT2D eigenvalue weighted by molar-refractivity contribution is 8.18. The molecule has 1 saturated heterocycles. The van der Waals surface area contributed by atoms with E-state index in [2.05, 4.69) is 23.5 Å². The molecule has 0 atom stereocenters. The van der Waals surface area contributed by atoms with Crippen molar-refractivity contribution in [2.24, 2.45) is 0 Å². The maximum Gasteiger partial charge on any atom is 0.294 e. The maximum absolute atomic E-state index is 13.1. The van der Waals surface area contributed by atoms with Crippen LogP contribution in [0.25, 0.3) is 16.8 Å². The highest BCUT2D eigenvalue weighted by Gasteiger charge is 2.36. The van der Waals surface area contributed by atoms with Crippen molar-refractivity contribution < 1.29 is 28.2 Å². The Morgan fingerprint density at radius 1 is 0.950 bits per heavy atom. The predicted molar refractivity (Wildman–Crippen MR) is 154 cm³/mol. The number of nitrogens with zero attached hydrogens (tertiary/aromatic N) is 1. The Morgan fingerprint density at radius 3 is 2.52 bits per heavy atom. The van der Waals surface area contributed by atoms with Crippen LogP contribution >= 0.6 is 11.8 Å². The molecule has 4 aromatic rings. The van der Waals surface area contributed by atoms with Gasteiger partial charge in [-0.25, -0.2) is 4.39 Å². The first-order chi connectivity index (χ1) is 19.4. The molecule has 0 aromatic heterocycles. The van der Waals surface area contributed by atoms with Crippen molar-refractivity contribution in [3.8, 4) is 11.5 Å². The van der Waals surface area contributed by atoms with Gasteiger partial charge >= 0.3 is 0 Å². The molecule has 4 aromatic carbocycles. The van der Waals surface area contributed by atoms with Gasteiger partial charge in [-0.1, -0.05) is 48.5 Å². The van der Waals surface area contributed by atoms with Crippen LogP contribution in [-0.4, -0.2) is 35.1 Å². The molecule has 0 radical (unpaired) electrons. The third-order valence-corrected chi connectivity index (χ3v) is 7.04. The Balaban J connectivity index is 1.28. The average molecular weight is 557 g/mol. The summed E-state index contributed by atoms with van der Waals surface area (Å²) in [4.78, 5) is 38.9. The third kappa shape index (κ3) is 6.16.